The van der Waals surface area contributed by atoms with Crippen LogP contribution in [-0.4, -0.2) is 31.1 Å². The number of unbranched alkanes of at least 4 members (excludes halogenated alkanes) is 1. The maximum absolute atomic E-state index is 5.98. The van der Waals surface area contributed by atoms with Crippen LogP contribution in [0, 0.1) is 0 Å². The van der Waals surface area contributed by atoms with Crippen LogP contribution < -0.4 is 5.32 Å². The van der Waals surface area contributed by atoms with Crippen molar-refractivity contribution in [3.63, 3.8) is 0 Å². The molecule has 0 aromatic heterocycles. The van der Waals surface area contributed by atoms with E-state index in [1.807, 2.05) is 12.1 Å². The summed E-state index contributed by atoms with van der Waals surface area (Å²) in [6.07, 6.45) is 3.80. The van der Waals surface area contributed by atoms with Gasteiger partial charge in [-0.2, -0.15) is 0 Å². The van der Waals surface area contributed by atoms with E-state index in [4.69, 9.17) is 11.6 Å². The summed E-state index contributed by atoms with van der Waals surface area (Å²) in [5.41, 5.74) is 1.41. The van der Waals surface area contributed by atoms with Crippen molar-refractivity contribution in [1.82, 2.24) is 10.2 Å². The Kier molecular flexibility index (Phi) is 10.7. The second kappa shape index (κ2) is 10.7. The second-order valence-corrected chi connectivity index (χ2v) is 5.43. The number of nitrogens with one attached hydrogen (secondary N) is 1. The molecule has 1 N–H and O–H groups in total. The molecule has 0 amide bonds. The maximum atomic E-state index is 5.98. The van der Waals surface area contributed by atoms with Gasteiger partial charge < -0.3 is 5.32 Å². The number of benzene rings is 1. The Balaban J connectivity index is 0.00000180. The van der Waals surface area contributed by atoms with Crippen LogP contribution in [0.4, 0.5) is 0 Å². The minimum absolute atomic E-state index is 0. The van der Waals surface area contributed by atoms with Crippen molar-refractivity contribution >= 4 is 36.4 Å². The largest absolute Gasteiger partial charge is 0.314 e. The van der Waals surface area contributed by atoms with Crippen molar-refractivity contribution in [1.29, 1.82) is 0 Å². The molecular weight excluding hydrogens is 315 g/mol. The molecule has 2 nitrogen and oxygen atoms in total. The molecule has 20 heavy (non-hydrogen) atoms. The lowest BCUT2D eigenvalue weighted by atomic mass is 9.99. The lowest BCUT2D eigenvalue weighted by Crippen LogP contribution is -2.45. The minimum atomic E-state index is 0. The van der Waals surface area contributed by atoms with Crippen molar-refractivity contribution in [3.8, 4) is 0 Å². The molecule has 1 fully saturated rings. The molecule has 1 atom stereocenters. The Morgan fingerprint density at radius 1 is 1.15 bits per heavy atom. The summed E-state index contributed by atoms with van der Waals surface area (Å²) in [5.74, 6) is 0. The van der Waals surface area contributed by atoms with Crippen LogP contribution in [0.1, 0.15) is 37.8 Å². The molecule has 116 valence electrons. The van der Waals surface area contributed by atoms with Crippen LogP contribution >= 0.6 is 36.4 Å². The fourth-order valence-electron chi connectivity index (χ4n) is 2.64. The zero-order valence-corrected chi connectivity index (χ0v) is 14.4. The number of halogens is 3. The smallest absolute Gasteiger partial charge is 0.0406 e. The fourth-order valence-corrected chi connectivity index (χ4v) is 2.76. The van der Waals surface area contributed by atoms with Crippen LogP contribution in [0.5, 0.6) is 0 Å². The molecule has 5 heteroatoms. The summed E-state index contributed by atoms with van der Waals surface area (Å²) in [6.45, 7) is 6.77. The van der Waals surface area contributed by atoms with Gasteiger partial charge in [-0.15, -0.1) is 24.8 Å². The van der Waals surface area contributed by atoms with E-state index in [2.05, 4.69) is 29.3 Å². The Bertz CT molecular complexity index is 351. The normalized spacial score (nSPS) is 16.9. The second-order valence-electron chi connectivity index (χ2n) is 5.00. The molecule has 1 heterocycles. The van der Waals surface area contributed by atoms with Gasteiger partial charge in [0.05, 0.1) is 0 Å². The predicted molar refractivity (Wildman–Crippen MR) is 92.7 cm³/mol. The van der Waals surface area contributed by atoms with Gasteiger partial charge in [0, 0.05) is 37.2 Å². The third kappa shape index (κ3) is 5.79. The average Bonchev–Trinajstić information content (AvgIpc) is 2.42. The van der Waals surface area contributed by atoms with E-state index >= 15 is 0 Å². The van der Waals surface area contributed by atoms with Crippen molar-refractivity contribution in [2.75, 3.05) is 26.2 Å². The third-order valence-electron chi connectivity index (χ3n) is 3.68. The first-order valence-electron chi connectivity index (χ1n) is 7.01. The summed E-state index contributed by atoms with van der Waals surface area (Å²) in [7, 11) is 0. The highest BCUT2D eigenvalue weighted by atomic mass is 35.5. The van der Waals surface area contributed by atoms with Crippen molar-refractivity contribution < 1.29 is 0 Å². The van der Waals surface area contributed by atoms with E-state index in [0.717, 1.165) is 31.2 Å². The van der Waals surface area contributed by atoms with E-state index in [1.54, 1.807) is 0 Å². The topological polar surface area (TPSA) is 15.3 Å². The summed E-state index contributed by atoms with van der Waals surface area (Å²) in [5, 5.41) is 4.25. The molecule has 1 aliphatic rings. The predicted octanol–water partition coefficient (Wildman–Crippen LogP) is 4.32. The standard InChI is InChI=1S/C15H23ClN2.2ClH/c1-2-3-4-15(18-11-9-17-10-12-18)13-5-7-14(16)8-6-13;;/h5-8,15,17H,2-4,9-12H2,1H3;2*1H/t15-;;/m0../s1. The number of hydrogen-bond acceptors (Lipinski definition) is 2. The van der Waals surface area contributed by atoms with Gasteiger partial charge in [0.2, 0.25) is 0 Å². The highest BCUT2D eigenvalue weighted by molar-refractivity contribution is 6.30. The molecule has 0 radical (unpaired) electrons. The van der Waals surface area contributed by atoms with Crippen LogP contribution in [0.25, 0.3) is 0 Å². The molecule has 0 unspecified atom stereocenters. The highest BCUT2D eigenvalue weighted by Gasteiger charge is 2.21. The van der Waals surface area contributed by atoms with E-state index < -0.39 is 0 Å². The van der Waals surface area contributed by atoms with Gasteiger partial charge in [0.1, 0.15) is 0 Å². The fraction of sp³-hybridized carbons (Fsp3) is 0.600. The van der Waals surface area contributed by atoms with Crippen LogP contribution in [0.3, 0.4) is 0 Å². The molecular formula is C15H25Cl3N2. The Labute approximate surface area is 140 Å². The van der Waals surface area contributed by atoms with Crippen LogP contribution in [-0.2, 0) is 0 Å². The first-order chi connectivity index (χ1) is 8.81. The highest BCUT2D eigenvalue weighted by Crippen LogP contribution is 2.27. The Morgan fingerprint density at radius 3 is 2.30 bits per heavy atom. The zero-order chi connectivity index (χ0) is 12.8. The van der Waals surface area contributed by atoms with Crippen molar-refractivity contribution in [2.24, 2.45) is 0 Å². The SMILES string of the molecule is CCCC[C@@H](c1ccc(Cl)cc1)N1CCNCC1.Cl.Cl. The Hall–Kier alpha value is 0.01000. The van der Waals surface area contributed by atoms with E-state index in [1.165, 1.54) is 24.8 Å². The summed E-state index contributed by atoms with van der Waals surface area (Å²) >= 11 is 5.98. The molecule has 1 saturated heterocycles. The van der Waals surface area contributed by atoms with Gasteiger partial charge in [-0.25, -0.2) is 0 Å². The lowest BCUT2D eigenvalue weighted by molar-refractivity contribution is 0.163. The lowest BCUT2D eigenvalue weighted by Gasteiger charge is -2.35. The average molecular weight is 340 g/mol. The van der Waals surface area contributed by atoms with Gasteiger partial charge in [-0.1, -0.05) is 43.5 Å². The van der Waals surface area contributed by atoms with Crippen LogP contribution in [0.2, 0.25) is 5.02 Å². The van der Waals surface area contributed by atoms with Crippen LogP contribution in [0.15, 0.2) is 24.3 Å². The molecule has 1 aromatic rings. The Morgan fingerprint density at radius 2 is 1.75 bits per heavy atom. The number of hydrogen-bond donors (Lipinski definition) is 1. The molecule has 1 aliphatic heterocycles. The molecule has 0 bridgehead atoms. The number of nitrogens with zero attached hydrogens (tertiary/aromatic N) is 1. The van der Waals surface area contributed by atoms with Gasteiger partial charge in [-0.05, 0) is 24.1 Å². The quantitative estimate of drug-likeness (QED) is 0.859. The van der Waals surface area contributed by atoms with E-state index in [-0.39, 0.29) is 24.8 Å². The summed E-state index contributed by atoms with van der Waals surface area (Å²) in [4.78, 5) is 2.61. The molecule has 2 rings (SSSR count). The van der Waals surface area contributed by atoms with E-state index in [9.17, 15) is 0 Å². The van der Waals surface area contributed by atoms with Gasteiger partial charge in [-0.3, -0.25) is 4.90 Å². The summed E-state index contributed by atoms with van der Waals surface area (Å²) in [6, 6.07) is 8.95. The number of rotatable bonds is 5. The van der Waals surface area contributed by atoms with Crippen molar-refractivity contribution in [2.45, 2.75) is 32.2 Å². The summed E-state index contributed by atoms with van der Waals surface area (Å²) < 4.78 is 0. The van der Waals surface area contributed by atoms with E-state index in [0.29, 0.717) is 6.04 Å². The van der Waals surface area contributed by atoms with Gasteiger partial charge in [0.25, 0.3) is 0 Å². The van der Waals surface area contributed by atoms with Crippen molar-refractivity contribution in [3.05, 3.63) is 34.9 Å². The molecule has 0 aliphatic carbocycles. The molecule has 1 aromatic carbocycles. The minimum Gasteiger partial charge on any atom is -0.314 e. The zero-order valence-electron chi connectivity index (χ0n) is 12.0. The third-order valence-corrected chi connectivity index (χ3v) is 3.93. The maximum Gasteiger partial charge on any atom is 0.0406 e. The van der Waals surface area contributed by atoms with Gasteiger partial charge >= 0.3 is 0 Å². The van der Waals surface area contributed by atoms with Gasteiger partial charge in [0.15, 0.2) is 0 Å². The first-order valence-corrected chi connectivity index (χ1v) is 7.39. The first kappa shape index (κ1) is 20.0. The molecule has 0 saturated carbocycles. The number of piperazine rings is 1. The molecule has 0 spiro atoms. The monoisotopic (exact) mass is 338 g/mol.